The van der Waals surface area contributed by atoms with E-state index < -0.39 is 0 Å². The Morgan fingerprint density at radius 2 is 2.03 bits per heavy atom. The summed E-state index contributed by atoms with van der Waals surface area (Å²) in [6.07, 6.45) is 7.80. The van der Waals surface area contributed by atoms with Crippen molar-refractivity contribution in [3.63, 3.8) is 0 Å². The third kappa shape index (κ3) is 6.81. The van der Waals surface area contributed by atoms with Crippen LogP contribution in [0.4, 0.5) is 10.1 Å². The third-order valence-electron chi connectivity index (χ3n) is 4.41. The lowest BCUT2D eigenvalue weighted by atomic mass is 10.0. The zero-order valence-corrected chi connectivity index (χ0v) is 18.8. The fourth-order valence-electron chi connectivity index (χ4n) is 2.87. The second-order valence-corrected chi connectivity index (χ2v) is 7.85. The van der Waals surface area contributed by atoms with E-state index in [-0.39, 0.29) is 5.82 Å². The summed E-state index contributed by atoms with van der Waals surface area (Å²) in [6, 6.07) is 8.96. The topological polar surface area (TPSA) is 50.9 Å². The molecule has 0 fully saturated rings. The molecule has 0 bridgehead atoms. The summed E-state index contributed by atoms with van der Waals surface area (Å²) >= 11 is 7.66. The number of nitrogens with one attached hydrogen (secondary N) is 1. The van der Waals surface area contributed by atoms with Crippen LogP contribution in [0.25, 0.3) is 10.2 Å². The van der Waals surface area contributed by atoms with Gasteiger partial charge in [-0.05, 0) is 43.2 Å². The van der Waals surface area contributed by atoms with Crippen molar-refractivity contribution in [2.24, 2.45) is 5.73 Å². The molecule has 0 saturated carbocycles. The van der Waals surface area contributed by atoms with Crippen molar-refractivity contribution in [1.82, 2.24) is 4.98 Å². The van der Waals surface area contributed by atoms with E-state index in [9.17, 15) is 4.39 Å². The van der Waals surface area contributed by atoms with Gasteiger partial charge in [0.1, 0.15) is 11.0 Å². The molecule has 0 spiro atoms. The van der Waals surface area contributed by atoms with Crippen molar-refractivity contribution in [1.29, 1.82) is 0 Å². The number of hydrogen-bond acceptors (Lipinski definition) is 4. The van der Waals surface area contributed by atoms with E-state index in [1.54, 1.807) is 29.5 Å². The van der Waals surface area contributed by atoms with Gasteiger partial charge in [0.05, 0.1) is 15.9 Å². The lowest BCUT2D eigenvalue weighted by molar-refractivity contribution is 0.606. The Hall–Kier alpha value is -1.95. The van der Waals surface area contributed by atoms with E-state index in [0.717, 1.165) is 27.9 Å². The largest absolute Gasteiger partial charge is 0.380 e. The normalized spacial score (nSPS) is 15.2. The smallest absolute Gasteiger partial charge is 0.131 e. The van der Waals surface area contributed by atoms with Crippen LogP contribution in [-0.4, -0.2) is 11.0 Å². The first-order valence-electron chi connectivity index (χ1n) is 9.97. The number of thiophene rings is 1. The van der Waals surface area contributed by atoms with Crippen LogP contribution in [0.3, 0.4) is 0 Å². The van der Waals surface area contributed by atoms with E-state index >= 15 is 0 Å². The lowest BCUT2D eigenvalue weighted by Gasteiger charge is -2.09. The lowest BCUT2D eigenvalue weighted by Crippen LogP contribution is -2.19. The molecule has 1 aliphatic rings. The van der Waals surface area contributed by atoms with E-state index in [2.05, 4.69) is 22.5 Å². The number of hydrogen-bond donors (Lipinski definition) is 2. The number of allylic oxidation sites excluding steroid dienone is 1. The van der Waals surface area contributed by atoms with Crippen molar-refractivity contribution in [3.05, 3.63) is 70.0 Å². The Balaban J connectivity index is 0.000000280. The van der Waals surface area contributed by atoms with Crippen molar-refractivity contribution < 1.29 is 4.39 Å². The number of aromatic nitrogens is 1. The first-order chi connectivity index (χ1) is 14.0. The van der Waals surface area contributed by atoms with Crippen LogP contribution in [0.2, 0.25) is 5.15 Å². The first-order valence-corrected chi connectivity index (χ1v) is 11.2. The van der Waals surface area contributed by atoms with Crippen LogP contribution >= 0.6 is 22.9 Å². The molecule has 0 aliphatic heterocycles. The average molecular weight is 434 g/mol. The highest BCUT2D eigenvalue weighted by Gasteiger charge is 2.10. The van der Waals surface area contributed by atoms with Crippen LogP contribution in [-0.2, 0) is 6.54 Å². The van der Waals surface area contributed by atoms with E-state index in [1.165, 1.54) is 18.9 Å². The van der Waals surface area contributed by atoms with Crippen molar-refractivity contribution in [2.45, 2.75) is 52.6 Å². The second-order valence-electron chi connectivity index (χ2n) is 6.58. The number of rotatable bonds is 3. The molecule has 2 aromatic heterocycles. The van der Waals surface area contributed by atoms with Gasteiger partial charge in [-0.3, -0.25) is 0 Å². The molecule has 2 heterocycles. The summed E-state index contributed by atoms with van der Waals surface area (Å²) in [5, 5.41) is 5.73. The highest BCUT2D eigenvalue weighted by Crippen LogP contribution is 2.33. The van der Waals surface area contributed by atoms with Gasteiger partial charge in [0, 0.05) is 24.2 Å². The quantitative estimate of drug-likeness (QED) is 0.342. The van der Waals surface area contributed by atoms with Crippen LogP contribution in [0, 0.1) is 12.7 Å². The van der Waals surface area contributed by atoms with Gasteiger partial charge < -0.3 is 11.1 Å². The second kappa shape index (κ2) is 11.9. The predicted molar refractivity (Wildman–Crippen MR) is 125 cm³/mol. The number of nitrogens with two attached hydrogens (primary N) is 1. The molecule has 6 heteroatoms. The van der Waals surface area contributed by atoms with E-state index in [0.29, 0.717) is 23.3 Å². The summed E-state index contributed by atoms with van der Waals surface area (Å²) in [5.41, 5.74) is 9.10. The number of halogens is 2. The molecule has 0 saturated heterocycles. The molecule has 3 N–H and O–H groups in total. The van der Waals surface area contributed by atoms with Gasteiger partial charge in [0.25, 0.3) is 0 Å². The van der Waals surface area contributed by atoms with E-state index in [1.807, 2.05) is 32.2 Å². The first kappa shape index (κ1) is 23.3. The zero-order valence-electron chi connectivity index (χ0n) is 17.2. The third-order valence-corrected chi connectivity index (χ3v) is 5.72. The van der Waals surface area contributed by atoms with Crippen molar-refractivity contribution in [2.75, 3.05) is 5.32 Å². The Morgan fingerprint density at radius 3 is 2.66 bits per heavy atom. The molecule has 29 heavy (non-hydrogen) atoms. The summed E-state index contributed by atoms with van der Waals surface area (Å²) in [4.78, 5) is 4.33. The molecular weight excluding hydrogens is 405 g/mol. The molecule has 0 amide bonds. The van der Waals surface area contributed by atoms with E-state index in [4.69, 9.17) is 17.3 Å². The molecule has 1 aliphatic carbocycles. The maximum Gasteiger partial charge on any atom is 0.131 e. The molecular formula is C23H29ClFN3S. The number of pyridine rings is 1. The van der Waals surface area contributed by atoms with Gasteiger partial charge in [0.15, 0.2) is 0 Å². The van der Waals surface area contributed by atoms with Gasteiger partial charge in [-0.1, -0.05) is 55.8 Å². The number of fused-ring (bicyclic) bond motifs is 1. The van der Waals surface area contributed by atoms with Crippen LogP contribution in [0.1, 0.15) is 44.2 Å². The molecule has 3 aromatic rings. The maximum absolute atomic E-state index is 13.6. The Kier molecular flexibility index (Phi) is 9.58. The fraction of sp³-hybridized carbons (Fsp3) is 0.348. The van der Waals surface area contributed by atoms with Crippen molar-refractivity contribution in [3.8, 4) is 0 Å². The molecule has 1 aromatic carbocycles. The Bertz CT molecular complexity index is 939. The monoisotopic (exact) mass is 433 g/mol. The number of anilines is 1. The minimum atomic E-state index is -0.209. The number of aryl methyl sites for hydroxylation is 1. The summed E-state index contributed by atoms with van der Waals surface area (Å²) in [5.74, 6) is -0.209. The molecule has 1 unspecified atom stereocenters. The summed E-state index contributed by atoms with van der Waals surface area (Å²) in [7, 11) is 0. The molecule has 4 rings (SSSR count). The minimum absolute atomic E-state index is 0.209. The number of benzene rings is 1. The van der Waals surface area contributed by atoms with Crippen LogP contribution < -0.4 is 11.1 Å². The standard InChI is InChI=1S/C15H12ClFN2S.C6H11N.C2H6/c1-9-8-20-15-12(6-13(16)19-14(9)15)18-7-10-4-2-3-5-11(10)17;7-6-4-2-1-3-5-6;1-2/h2-6,8H,7H2,1H3,(H,18,19);1-2,6H,3-5,7H2;1-2H3. The van der Waals surface area contributed by atoms with Gasteiger partial charge in [-0.25, -0.2) is 9.37 Å². The van der Waals surface area contributed by atoms with Gasteiger partial charge in [-0.2, -0.15) is 0 Å². The van der Waals surface area contributed by atoms with Gasteiger partial charge in [0.2, 0.25) is 0 Å². The predicted octanol–water partition coefficient (Wildman–Crippen LogP) is 7.09. The highest BCUT2D eigenvalue weighted by molar-refractivity contribution is 7.18. The molecule has 156 valence electrons. The maximum atomic E-state index is 13.6. The highest BCUT2D eigenvalue weighted by atomic mass is 35.5. The van der Waals surface area contributed by atoms with Crippen LogP contribution in [0.15, 0.2) is 47.9 Å². The van der Waals surface area contributed by atoms with Crippen molar-refractivity contribution >= 4 is 38.8 Å². The molecule has 1 atom stereocenters. The molecule has 3 nitrogen and oxygen atoms in total. The minimum Gasteiger partial charge on any atom is -0.380 e. The SMILES string of the molecule is CC.Cc1csc2c(NCc3ccccc3F)cc(Cl)nc12.NC1CC=CCC1. The average Bonchev–Trinajstić information content (AvgIpc) is 3.10. The zero-order chi connectivity index (χ0) is 21.2. The Labute approximate surface area is 181 Å². The Morgan fingerprint density at radius 1 is 1.28 bits per heavy atom. The van der Waals surface area contributed by atoms with Crippen LogP contribution in [0.5, 0.6) is 0 Å². The van der Waals surface area contributed by atoms with Gasteiger partial charge in [-0.15, -0.1) is 11.3 Å². The number of nitrogens with zero attached hydrogens (tertiary/aromatic N) is 1. The summed E-state index contributed by atoms with van der Waals surface area (Å²) < 4.78 is 14.7. The summed E-state index contributed by atoms with van der Waals surface area (Å²) in [6.45, 7) is 6.42. The molecule has 0 radical (unpaired) electrons. The fourth-order valence-corrected chi connectivity index (χ4v) is 4.05. The van der Waals surface area contributed by atoms with Gasteiger partial charge >= 0.3 is 0 Å².